The van der Waals surface area contributed by atoms with E-state index in [1.54, 1.807) is 12.0 Å². The van der Waals surface area contributed by atoms with Gasteiger partial charge in [-0.25, -0.2) is 0 Å². The summed E-state index contributed by atoms with van der Waals surface area (Å²) in [5, 5.41) is 1.21. The molecule has 0 radical (unpaired) electrons. The van der Waals surface area contributed by atoms with Crippen LogP contribution < -0.4 is 4.74 Å². The van der Waals surface area contributed by atoms with E-state index >= 15 is 0 Å². The molecule has 28 heavy (non-hydrogen) atoms. The zero-order valence-electron chi connectivity index (χ0n) is 16.6. The van der Waals surface area contributed by atoms with Crippen LogP contribution in [0.5, 0.6) is 5.75 Å². The summed E-state index contributed by atoms with van der Waals surface area (Å²) in [6.07, 6.45) is 7.61. The fraction of sp³-hybridized carbons (Fsp3) is 0.545. The lowest BCUT2D eigenvalue weighted by molar-refractivity contribution is -0.140. The second-order valence-electron chi connectivity index (χ2n) is 7.94. The molecule has 3 heterocycles. The van der Waals surface area contributed by atoms with Gasteiger partial charge in [0.05, 0.1) is 13.7 Å². The number of hydrogen-bond donors (Lipinski definition) is 1. The van der Waals surface area contributed by atoms with Gasteiger partial charge in [0, 0.05) is 43.2 Å². The average Bonchev–Trinajstić information content (AvgIpc) is 3.05. The van der Waals surface area contributed by atoms with Crippen LogP contribution in [0.15, 0.2) is 24.4 Å². The number of H-pyrrole nitrogens is 1. The van der Waals surface area contributed by atoms with E-state index in [1.165, 1.54) is 10.9 Å². The maximum absolute atomic E-state index is 12.7. The number of amides is 2. The maximum atomic E-state index is 12.7. The number of rotatable bonds is 4. The van der Waals surface area contributed by atoms with Gasteiger partial charge in [-0.2, -0.15) is 0 Å². The fourth-order valence-electron chi connectivity index (χ4n) is 4.49. The van der Waals surface area contributed by atoms with Crippen LogP contribution in [0.1, 0.15) is 50.0 Å². The molecule has 6 nitrogen and oxygen atoms in total. The first-order chi connectivity index (χ1) is 13.7. The smallest absolute Gasteiger partial charge is 0.242 e. The van der Waals surface area contributed by atoms with Crippen molar-refractivity contribution in [1.82, 2.24) is 14.8 Å². The number of carbonyl (C=O) groups is 2. The lowest BCUT2D eigenvalue weighted by Crippen LogP contribution is -2.45. The summed E-state index contributed by atoms with van der Waals surface area (Å²) in [6, 6.07) is 6.10. The van der Waals surface area contributed by atoms with Crippen LogP contribution in [0.25, 0.3) is 10.9 Å². The predicted molar refractivity (Wildman–Crippen MR) is 108 cm³/mol. The summed E-state index contributed by atoms with van der Waals surface area (Å²) in [6.45, 7) is 2.47. The van der Waals surface area contributed by atoms with Gasteiger partial charge in [0.15, 0.2) is 0 Å². The van der Waals surface area contributed by atoms with E-state index in [4.69, 9.17) is 4.74 Å². The van der Waals surface area contributed by atoms with Crippen LogP contribution in [0, 0.1) is 0 Å². The molecule has 6 heteroatoms. The Morgan fingerprint density at radius 2 is 2.00 bits per heavy atom. The SMILES string of the molecule is COc1ccc2[nH]cc(C3CCN(C(=O)CN4CCCCCC4=O)CC3)c2c1. The molecule has 0 spiro atoms. The van der Waals surface area contributed by atoms with Crippen molar-refractivity contribution >= 4 is 22.7 Å². The molecule has 2 aliphatic rings. The van der Waals surface area contributed by atoms with Gasteiger partial charge in [0.2, 0.25) is 11.8 Å². The highest BCUT2D eigenvalue weighted by Gasteiger charge is 2.27. The molecule has 4 rings (SSSR count). The largest absolute Gasteiger partial charge is 0.497 e. The van der Waals surface area contributed by atoms with Gasteiger partial charge >= 0.3 is 0 Å². The Bertz CT molecular complexity index is 852. The van der Waals surface area contributed by atoms with Gasteiger partial charge < -0.3 is 19.5 Å². The van der Waals surface area contributed by atoms with E-state index in [9.17, 15) is 9.59 Å². The molecule has 2 aliphatic heterocycles. The van der Waals surface area contributed by atoms with E-state index in [1.807, 2.05) is 11.0 Å². The quantitative estimate of drug-likeness (QED) is 0.881. The van der Waals surface area contributed by atoms with Crippen molar-refractivity contribution in [3.05, 3.63) is 30.0 Å². The van der Waals surface area contributed by atoms with Crippen LogP contribution >= 0.6 is 0 Å². The van der Waals surface area contributed by atoms with Crippen LogP contribution in [0.4, 0.5) is 0 Å². The molecule has 1 aromatic carbocycles. The molecule has 2 amide bonds. The Morgan fingerprint density at radius 1 is 1.18 bits per heavy atom. The highest BCUT2D eigenvalue weighted by atomic mass is 16.5. The number of fused-ring (bicyclic) bond motifs is 1. The van der Waals surface area contributed by atoms with Gasteiger partial charge in [0.25, 0.3) is 0 Å². The zero-order chi connectivity index (χ0) is 19.5. The van der Waals surface area contributed by atoms with Crippen molar-refractivity contribution in [2.45, 2.75) is 44.4 Å². The first kappa shape index (κ1) is 18.8. The van der Waals surface area contributed by atoms with E-state index in [2.05, 4.69) is 23.3 Å². The van der Waals surface area contributed by atoms with Gasteiger partial charge in [-0.1, -0.05) is 6.42 Å². The minimum atomic E-state index is 0.0919. The number of nitrogens with zero attached hydrogens (tertiary/aromatic N) is 2. The summed E-state index contributed by atoms with van der Waals surface area (Å²) in [5.74, 6) is 1.52. The summed E-state index contributed by atoms with van der Waals surface area (Å²) < 4.78 is 5.37. The molecular weight excluding hydrogens is 354 g/mol. The number of aromatic amines is 1. The van der Waals surface area contributed by atoms with E-state index in [0.29, 0.717) is 12.3 Å². The van der Waals surface area contributed by atoms with Crippen LogP contribution in [-0.2, 0) is 9.59 Å². The molecule has 150 valence electrons. The van der Waals surface area contributed by atoms with E-state index < -0.39 is 0 Å². The van der Waals surface area contributed by atoms with Crippen LogP contribution in [0.3, 0.4) is 0 Å². The standard InChI is InChI=1S/C22H29N3O3/c1-28-17-6-7-20-18(13-17)19(14-23-20)16-8-11-24(12-9-16)22(27)15-25-10-4-2-3-5-21(25)26/h6-7,13-14,16,23H,2-5,8-12,15H2,1H3. The number of likely N-dealkylation sites (tertiary alicyclic amines) is 2. The molecule has 2 aromatic rings. The van der Waals surface area contributed by atoms with Crippen molar-refractivity contribution < 1.29 is 14.3 Å². The van der Waals surface area contributed by atoms with Crippen molar-refractivity contribution in [3.63, 3.8) is 0 Å². The summed E-state index contributed by atoms with van der Waals surface area (Å²) in [7, 11) is 1.69. The molecule has 0 atom stereocenters. The molecule has 2 saturated heterocycles. The number of ether oxygens (including phenoxy) is 1. The molecule has 2 fully saturated rings. The minimum Gasteiger partial charge on any atom is -0.497 e. The second kappa shape index (κ2) is 8.25. The van der Waals surface area contributed by atoms with Gasteiger partial charge in [-0.05, 0) is 55.4 Å². The Hall–Kier alpha value is -2.50. The number of hydrogen-bond acceptors (Lipinski definition) is 3. The molecule has 0 aliphatic carbocycles. The Kier molecular flexibility index (Phi) is 5.55. The predicted octanol–water partition coefficient (Wildman–Crippen LogP) is 3.29. The van der Waals surface area contributed by atoms with Gasteiger partial charge in [0.1, 0.15) is 5.75 Å². The van der Waals surface area contributed by atoms with Gasteiger partial charge in [-0.3, -0.25) is 9.59 Å². The molecule has 1 aromatic heterocycles. The van der Waals surface area contributed by atoms with Crippen LogP contribution in [-0.4, -0.2) is 59.9 Å². The Labute approximate surface area is 165 Å². The number of aromatic nitrogens is 1. The van der Waals surface area contributed by atoms with E-state index in [-0.39, 0.29) is 18.4 Å². The number of methoxy groups -OCH3 is 1. The molecular formula is C22H29N3O3. The monoisotopic (exact) mass is 383 g/mol. The lowest BCUT2D eigenvalue weighted by atomic mass is 9.89. The molecule has 0 saturated carbocycles. The number of carbonyl (C=O) groups excluding carboxylic acids is 2. The minimum absolute atomic E-state index is 0.0919. The third kappa shape index (κ3) is 3.86. The Morgan fingerprint density at radius 3 is 2.79 bits per heavy atom. The van der Waals surface area contributed by atoms with Crippen molar-refractivity contribution in [2.75, 3.05) is 33.3 Å². The summed E-state index contributed by atoms with van der Waals surface area (Å²) in [5.41, 5.74) is 2.43. The summed E-state index contributed by atoms with van der Waals surface area (Å²) in [4.78, 5) is 31.9. The molecule has 1 N–H and O–H groups in total. The topological polar surface area (TPSA) is 65.6 Å². The fourth-order valence-corrected chi connectivity index (χ4v) is 4.49. The van der Waals surface area contributed by atoms with Crippen LogP contribution in [0.2, 0.25) is 0 Å². The molecule has 0 unspecified atom stereocenters. The first-order valence-corrected chi connectivity index (χ1v) is 10.4. The average molecular weight is 383 g/mol. The third-order valence-corrected chi connectivity index (χ3v) is 6.21. The zero-order valence-corrected chi connectivity index (χ0v) is 16.6. The number of benzene rings is 1. The normalized spacial score (nSPS) is 19.1. The Balaban J connectivity index is 1.38. The third-order valence-electron chi connectivity index (χ3n) is 6.21. The van der Waals surface area contributed by atoms with Crippen molar-refractivity contribution in [3.8, 4) is 5.75 Å². The maximum Gasteiger partial charge on any atom is 0.242 e. The van der Waals surface area contributed by atoms with Gasteiger partial charge in [-0.15, -0.1) is 0 Å². The van der Waals surface area contributed by atoms with Crippen molar-refractivity contribution in [1.29, 1.82) is 0 Å². The molecule has 0 bridgehead atoms. The first-order valence-electron chi connectivity index (χ1n) is 10.4. The number of piperidine rings is 1. The summed E-state index contributed by atoms with van der Waals surface area (Å²) >= 11 is 0. The lowest BCUT2D eigenvalue weighted by Gasteiger charge is -2.33. The second-order valence-corrected chi connectivity index (χ2v) is 7.94. The highest BCUT2D eigenvalue weighted by Crippen LogP contribution is 2.34. The highest BCUT2D eigenvalue weighted by molar-refractivity contribution is 5.86. The van der Waals surface area contributed by atoms with E-state index in [0.717, 1.165) is 63.0 Å². The van der Waals surface area contributed by atoms with Crippen molar-refractivity contribution in [2.24, 2.45) is 0 Å². The number of nitrogens with one attached hydrogen (secondary N) is 1.